The van der Waals surface area contributed by atoms with Crippen LogP contribution in [0.3, 0.4) is 0 Å². The van der Waals surface area contributed by atoms with E-state index in [1.165, 1.54) is 24.3 Å². The molecular weight excluding hydrogens is 586 g/mol. The summed E-state index contributed by atoms with van der Waals surface area (Å²) in [4.78, 5) is 36.2. The Hall–Kier alpha value is -3.06. The maximum absolute atomic E-state index is 13.0. The first-order valence-corrected chi connectivity index (χ1v) is 12.3. The summed E-state index contributed by atoms with van der Waals surface area (Å²) < 4.78 is -1.39. The fourth-order valence-corrected chi connectivity index (χ4v) is 5.43. The average Bonchev–Trinajstić information content (AvgIpc) is 3.41. The van der Waals surface area contributed by atoms with Crippen molar-refractivity contribution in [3.05, 3.63) is 96.5 Å². The van der Waals surface area contributed by atoms with E-state index in [2.05, 4.69) is 10.6 Å². The van der Waals surface area contributed by atoms with Crippen LogP contribution < -0.4 is 10.6 Å². The lowest BCUT2D eigenvalue weighted by atomic mass is 10.1. The minimum absolute atomic E-state index is 0.0151. The molecule has 8 nitrogen and oxygen atoms in total. The Bertz CT molecular complexity index is 1480. The normalized spacial score (nSPS) is 17.4. The van der Waals surface area contributed by atoms with Crippen molar-refractivity contribution in [3.8, 4) is 6.07 Å². The van der Waals surface area contributed by atoms with Crippen LogP contribution in [0.1, 0.15) is 27.4 Å². The quantitative estimate of drug-likeness (QED) is 0.176. The molecule has 0 aliphatic heterocycles. The fourth-order valence-electron chi connectivity index (χ4n) is 3.86. The predicted octanol–water partition coefficient (Wildman–Crippen LogP) is 7.20. The van der Waals surface area contributed by atoms with Gasteiger partial charge in [0, 0.05) is 33.8 Å². The molecule has 1 saturated carbocycles. The molecule has 188 valence electrons. The summed E-state index contributed by atoms with van der Waals surface area (Å²) in [5, 5.41) is 26.2. The zero-order chi connectivity index (χ0) is 27.1. The Labute approximate surface area is 235 Å². The van der Waals surface area contributed by atoms with Crippen molar-refractivity contribution in [1.29, 1.82) is 5.26 Å². The van der Waals surface area contributed by atoms with Crippen molar-refractivity contribution in [3.63, 3.8) is 0 Å². The maximum Gasteiger partial charge on any atom is 0.270 e. The predicted molar refractivity (Wildman–Crippen MR) is 143 cm³/mol. The summed E-state index contributed by atoms with van der Waals surface area (Å²) in [6.45, 7) is 0. The monoisotopic (exact) mass is 596 g/mol. The number of amides is 2. The van der Waals surface area contributed by atoms with E-state index in [0.717, 1.165) is 12.1 Å². The molecule has 0 radical (unpaired) electrons. The Morgan fingerprint density at radius 1 is 0.973 bits per heavy atom. The molecule has 1 aliphatic rings. The second kappa shape index (κ2) is 10.4. The first-order valence-electron chi connectivity index (χ1n) is 10.4. The summed E-state index contributed by atoms with van der Waals surface area (Å²) in [7, 11) is 0. The Kier molecular flexibility index (Phi) is 7.56. The number of carbonyl (C=O) groups is 2. The summed E-state index contributed by atoms with van der Waals surface area (Å²) >= 11 is 31.1. The second-order valence-electron chi connectivity index (χ2n) is 8.07. The molecule has 3 aromatic carbocycles. The number of nitro groups is 1. The van der Waals surface area contributed by atoms with Gasteiger partial charge in [-0.05, 0) is 48.0 Å². The Morgan fingerprint density at radius 2 is 1.65 bits per heavy atom. The second-order valence-corrected chi connectivity index (χ2v) is 10.8. The van der Waals surface area contributed by atoms with E-state index in [0.29, 0.717) is 15.6 Å². The topological polar surface area (TPSA) is 125 Å². The average molecular weight is 599 g/mol. The Balaban J connectivity index is 1.53. The largest absolute Gasteiger partial charge is 0.326 e. The zero-order valence-corrected chi connectivity index (χ0v) is 22.0. The van der Waals surface area contributed by atoms with Crippen molar-refractivity contribution >= 4 is 86.9 Å². The Morgan fingerprint density at radius 3 is 2.27 bits per heavy atom. The van der Waals surface area contributed by atoms with Gasteiger partial charge in [0.15, 0.2) is 0 Å². The number of carbonyl (C=O) groups excluding carboxylic acids is 2. The zero-order valence-electron chi connectivity index (χ0n) is 18.3. The van der Waals surface area contributed by atoms with Gasteiger partial charge in [-0.2, -0.15) is 5.26 Å². The highest BCUT2D eigenvalue weighted by molar-refractivity contribution is 6.53. The van der Waals surface area contributed by atoms with Crippen LogP contribution in [0.15, 0.2) is 54.6 Å². The summed E-state index contributed by atoms with van der Waals surface area (Å²) in [6, 6.07) is 14.3. The number of nitriles is 1. The van der Waals surface area contributed by atoms with Gasteiger partial charge < -0.3 is 10.6 Å². The smallest absolute Gasteiger partial charge is 0.270 e. The molecule has 1 aliphatic carbocycles. The van der Waals surface area contributed by atoms with E-state index in [4.69, 9.17) is 58.0 Å². The van der Waals surface area contributed by atoms with E-state index < -0.39 is 32.9 Å². The number of nitro benzene ring substituents is 1. The molecule has 2 amide bonds. The van der Waals surface area contributed by atoms with Crippen LogP contribution >= 0.6 is 58.0 Å². The van der Waals surface area contributed by atoms with Crippen molar-refractivity contribution in [2.24, 2.45) is 5.92 Å². The molecule has 1 fully saturated rings. The standard InChI is InChI=1S/C24H13Cl5N4O4/c25-13-5-11(6-14(26)8-13)20-21(24(20,28)29)23(35)31-15-1-3-18(27)17(9-15)22(34)32-19-4-2-16(33(36)37)7-12(19)10-30/h1-9,20-21H,(H,31,35)(H,32,34). The number of alkyl halides is 2. The molecule has 2 N–H and O–H groups in total. The third-order valence-electron chi connectivity index (χ3n) is 5.64. The fraction of sp³-hybridized carbons (Fsp3) is 0.125. The molecule has 0 heterocycles. The third-order valence-corrected chi connectivity index (χ3v) is 7.35. The minimum atomic E-state index is -1.39. The highest BCUT2D eigenvalue weighted by Crippen LogP contribution is 2.65. The van der Waals surface area contributed by atoms with Crippen molar-refractivity contribution in [2.45, 2.75) is 10.3 Å². The molecule has 2 unspecified atom stereocenters. The lowest BCUT2D eigenvalue weighted by Crippen LogP contribution is -2.18. The highest BCUT2D eigenvalue weighted by Gasteiger charge is 2.67. The molecule has 37 heavy (non-hydrogen) atoms. The van der Waals surface area contributed by atoms with Crippen LogP contribution in [0.2, 0.25) is 15.1 Å². The number of benzene rings is 3. The van der Waals surface area contributed by atoms with Crippen LogP contribution in [0.4, 0.5) is 17.1 Å². The van der Waals surface area contributed by atoms with Gasteiger partial charge in [-0.25, -0.2) is 0 Å². The van der Waals surface area contributed by atoms with Crippen LogP contribution in [0, 0.1) is 27.4 Å². The summed E-state index contributed by atoms with van der Waals surface area (Å²) in [5.41, 5.74) is 0.477. The van der Waals surface area contributed by atoms with Crippen molar-refractivity contribution in [1.82, 2.24) is 0 Å². The number of nitrogens with zero attached hydrogens (tertiary/aromatic N) is 2. The number of rotatable bonds is 6. The van der Waals surface area contributed by atoms with Gasteiger partial charge in [0.1, 0.15) is 10.4 Å². The van der Waals surface area contributed by atoms with Gasteiger partial charge in [-0.1, -0.05) is 34.8 Å². The molecular formula is C24H13Cl5N4O4. The maximum atomic E-state index is 13.0. The summed E-state index contributed by atoms with van der Waals surface area (Å²) in [5.74, 6) is -2.58. The molecule has 13 heteroatoms. The molecule has 0 spiro atoms. The molecule has 0 aromatic heterocycles. The number of halogens is 5. The van der Waals surface area contributed by atoms with Crippen LogP contribution in [-0.4, -0.2) is 21.1 Å². The van der Waals surface area contributed by atoms with E-state index in [1.54, 1.807) is 24.3 Å². The van der Waals surface area contributed by atoms with Crippen LogP contribution in [-0.2, 0) is 4.79 Å². The lowest BCUT2D eigenvalue weighted by Gasteiger charge is -2.11. The number of hydrogen-bond acceptors (Lipinski definition) is 5. The van der Waals surface area contributed by atoms with Gasteiger partial charge in [0.2, 0.25) is 5.91 Å². The molecule has 2 atom stereocenters. The third kappa shape index (κ3) is 5.61. The van der Waals surface area contributed by atoms with Crippen molar-refractivity contribution in [2.75, 3.05) is 10.6 Å². The van der Waals surface area contributed by atoms with E-state index >= 15 is 0 Å². The van der Waals surface area contributed by atoms with Crippen LogP contribution in [0.5, 0.6) is 0 Å². The highest BCUT2D eigenvalue weighted by atomic mass is 35.5. The molecule has 0 saturated heterocycles. The van der Waals surface area contributed by atoms with E-state index in [1.807, 2.05) is 0 Å². The lowest BCUT2D eigenvalue weighted by molar-refractivity contribution is -0.384. The molecule has 4 rings (SSSR count). The summed E-state index contributed by atoms with van der Waals surface area (Å²) in [6.07, 6.45) is 0. The molecule has 3 aromatic rings. The van der Waals surface area contributed by atoms with Crippen LogP contribution in [0.25, 0.3) is 0 Å². The van der Waals surface area contributed by atoms with Gasteiger partial charge in [-0.3, -0.25) is 19.7 Å². The van der Waals surface area contributed by atoms with Gasteiger partial charge >= 0.3 is 0 Å². The number of hydrogen-bond donors (Lipinski definition) is 2. The van der Waals surface area contributed by atoms with E-state index in [-0.39, 0.29) is 33.2 Å². The minimum Gasteiger partial charge on any atom is -0.326 e. The first kappa shape index (κ1) is 27.0. The van der Waals surface area contributed by atoms with Gasteiger partial charge in [-0.15, -0.1) is 23.2 Å². The van der Waals surface area contributed by atoms with Crippen molar-refractivity contribution < 1.29 is 14.5 Å². The van der Waals surface area contributed by atoms with Gasteiger partial charge in [0.05, 0.1) is 32.7 Å². The SMILES string of the molecule is N#Cc1cc([N+](=O)[O-])ccc1NC(=O)c1cc(NC(=O)C2C(c3cc(Cl)cc(Cl)c3)C2(Cl)Cl)ccc1Cl. The van der Waals surface area contributed by atoms with Gasteiger partial charge in [0.25, 0.3) is 11.6 Å². The molecule has 0 bridgehead atoms. The first-order chi connectivity index (χ1) is 17.4. The number of anilines is 2. The number of nitrogens with one attached hydrogen (secondary N) is 2. The number of non-ortho nitro benzene ring substituents is 1. The van der Waals surface area contributed by atoms with E-state index in [9.17, 15) is 25.0 Å².